The van der Waals surface area contributed by atoms with E-state index in [1.807, 2.05) is 24.3 Å². The SMILES string of the molecule is O=S(=O)(O)CCCOc1cc2c(cc1Cl)[S+]([O-])c1ccccc1C2. The lowest BCUT2D eigenvalue weighted by Gasteiger charge is -2.22. The maximum absolute atomic E-state index is 12.7. The predicted octanol–water partition coefficient (Wildman–Crippen LogP) is 3.07. The molecule has 3 rings (SSSR count). The van der Waals surface area contributed by atoms with Crippen LogP contribution in [-0.2, 0) is 27.7 Å². The average Bonchev–Trinajstić information content (AvgIpc) is 2.52. The first kappa shape index (κ1) is 17.6. The number of hydrogen-bond acceptors (Lipinski definition) is 4. The Balaban J connectivity index is 1.79. The van der Waals surface area contributed by atoms with Gasteiger partial charge in [0, 0.05) is 34.8 Å². The lowest BCUT2D eigenvalue weighted by atomic mass is 10.0. The van der Waals surface area contributed by atoms with Crippen molar-refractivity contribution in [2.75, 3.05) is 12.4 Å². The number of benzene rings is 2. The molecule has 0 spiro atoms. The van der Waals surface area contributed by atoms with E-state index in [4.69, 9.17) is 20.9 Å². The highest BCUT2D eigenvalue weighted by atomic mass is 35.5. The minimum Gasteiger partial charge on any atom is -0.606 e. The van der Waals surface area contributed by atoms with Crippen LogP contribution in [0.4, 0.5) is 0 Å². The van der Waals surface area contributed by atoms with E-state index >= 15 is 0 Å². The summed E-state index contributed by atoms with van der Waals surface area (Å²) in [4.78, 5) is 1.46. The fourth-order valence-corrected chi connectivity index (χ4v) is 4.75. The molecule has 2 aromatic carbocycles. The monoisotopic (exact) mass is 386 g/mol. The summed E-state index contributed by atoms with van der Waals surface area (Å²) in [5.74, 6) is 0.0505. The van der Waals surface area contributed by atoms with Crippen LogP contribution in [0.3, 0.4) is 0 Å². The van der Waals surface area contributed by atoms with Gasteiger partial charge in [-0.1, -0.05) is 29.8 Å². The van der Waals surface area contributed by atoms with E-state index in [9.17, 15) is 13.0 Å². The molecule has 128 valence electrons. The van der Waals surface area contributed by atoms with E-state index in [2.05, 4.69) is 0 Å². The molecule has 1 N–H and O–H groups in total. The van der Waals surface area contributed by atoms with Crippen LogP contribution in [-0.4, -0.2) is 29.9 Å². The lowest BCUT2D eigenvalue weighted by molar-refractivity contribution is 0.315. The molecule has 0 aliphatic carbocycles. The molecule has 5 nitrogen and oxygen atoms in total. The number of rotatable bonds is 5. The third kappa shape index (κ3) is 3.87. The second kappa shape index (κ2) is 6.93. The van der Waals surface area contributed by atoms with Gasteiger partial charge in [0.1, 0.15) is 5.75 Å². The average molecular weight is 387 g/mol. The quantitative estimate of drug-likeness (QED) is 0.484. The molecule has 0 saturated heterocycles. The molecule has 8 heteroatoms. The summed E-state index contributed by atoms with van der Waals surface area (Å²) in [6, 6.07) is 10.9. The molecule has 24 heavy (non-hydrogen) atoms. The van der Waals surface area contributed by atoms with Gasteiger partial charge in [-0.2, -0.15) is 8.42 Å². The second-order valence-electron chi connectivity index (χ2n) is 5.43. The van der Waals surface area contributed by atoms with Crippen molar-refractivity contribution in [3.05, 3.63) is 52.5 Å². The third-order valence-electron chi connectivity index (χ3n) is 3.67. The Bertz CT molecular complexity index is 867. The number of fused-ring (bicyclic) bond motifs is 2. The predicted molar refractivity (Wildman–Crippen MR) is 91.9 cm³/mol. The van der Waals surface area contributed by atoms with Gasteiger partial charge in [-0.3, -0.25) is 4.55 Å². The minimum atomic E-state index is -4.00. The lowest BCUT2D eigenvalue weighted by Crippen LogP contribution is -2.15. The van der Waals surface area contributed by atoms with Gasteiger partial charge in [0.25, 0.3) is 10.1 Å². The molecule has 1 heterocycles. The molecular formula is C16H15ClO5S2. The van der Waals surface area contributed by atoms with Crippen LogP contribution in [0.15, 0.2) is 46.2 Å². The van der Waals surface area contributed by atoms with E-state index in [0.29, 0.717) is 22.1 Å². The molecule has 1 unspecified atom stereocenters. The first-order valence-electron chi connectivity index (χ1n) is 7.25. The van der Waals surface area contributed by atoms with E-state index in [0.717, 1.165) is 16.0 Å². The Labute approximate surface area is 148 Å². The summed E-state index contributed by atoms with van der Waals surface area (Å²) in [6.07, 6.45) is 0.788. The van der Waals surface area contributed by atoms with Crippen LogP contribution < -0.4 is 4.74 Å². The fourth-order valence-electron chi connectivity index (χ4n) is 2.58. The first-order chi connectivity index (χ1) is 11.3. The summed E-state index contributed by atoms with van der Waals surface area (Å²) in [5, 5.41) is 0.327. The van der Waals surface area contributed by atoms with Crippen molar-refractivity contribution in [3.8, 4) is 5.75 Å². The van der Waals surface area contributed by atoms with Gasteiger partial charge < -0.3 is 9.29 Å². The van der Waals surface area contributed by atoms with E-state index in [1.165, 1.54) is 0 Å². The molecule has 0 aromatic heterocycles. The van der Waals surface area contributed by atoms with Gasteiger partial charge in [0.05, 0.1) is 17.4 Å². The van der Waals surface area contributed by atoms with E-state index in [-0.39, 0.29) is 18.8 Å². The topological polar surface area (TPSA) is 86.7 Å². The molecule has 1 aliphatic rings. The minimum absolute atomic E-state index is 0.109. The van der Waals surface area contributed by atoms with Crippen molar-refractivity contribution in [1.82, 2.24) is 0 Å². The Morgan fingerprint density at radius 3 is 2.71 bits per heavy atom. The largest absolute Gasteiger partial charge is 0.606 e. The highest BCUT2D eigenvalue weighted by Crippen LogP contribution is 2.39. The van der Waals surface area contributed by atoms with Crippen LogP contribution in [0.2, 0.25) is 5.02 Å². The summed E-state index contributed by atoms with van der Waals surface area (Å²) in [5.41, 5.74) is 1.88. The fraction of sp³-hybridized carbons (Fsp3) is 0.250. The van der Waals surface area contributed by atoms with Crippen molar-refractivity contribution >= 4 is 32.9 Å². The molecule has 0 radical (unpaired) electrons. The molecule has 0 bridgehead atoms. The zero-order chi connectivity index (χ0) is 17.3. The highest BCUT2D eigenvalue weighted by molar-refractivity contribution is 7.91. The Hall–Kier alpha value is -1.25. The Morgan fingerprint density at radius 1 is 1.21 bits per heavy atom. The van der Waals surface area contributed by atoms with Crippen molar-refractivity contribution < 1.29 is 22.3 Å². The number of ether oxygens (including phenoxy) is 1. The van der Waals surface area contributed by atoms with Gasteiger partial charge >= 0.3 is 0 Å². The van der Waals surface area contributed by atoms with Crippen LogP contribution in [0.25, 0.3) is 0 Å². The first-order valence-corrected chi connectivity index (χ1v) is 10.4. The van der Waals surface area contributed by atoms with Crippen LogP contribution in [0.5, 0.6) is 5.75 Å². The van der Waals surface area contributed by atoms with Crippen LogP contribution >= 0.6 is 11.6 Å². The number of halogens is 1. The molecule has 0 amide bonds. The molecule has 0 saturated carbocycles. The highest BCUT2D eigenvalue weighted by Gasteiger charge is 2.29. The molecule has 0 fully saturated rings. The van der Waals surface area contributed by atoms with E-state index in [1.54, 1.807) is 12.1 Å². The summed E-state index contributed by atoms with van der Waals surface area (Å²) in [7, 11) is -4.00. The van der Waals surface area contributed by atoms with Crippen molar-refractivity contribution in [3.63, 3.8) is 0 Å². The Kier molecular flexibility index (Phi) is 5.08. The molecule has 1 aliphatic heterocycles. The van der Waals surface area contributed by atoms with Crippen molar-refractivity contribution in [1.29, 1.82) is 0 Å². The zero-order valence-electron chi connectivity index (χ0n) is 12.6. The number of hydrogen-bond donors (Lipinski definition) is 1. The molecule has 1 atom stereocenters. The van der Waals surface area contributed by atoms with Crippen molar-refractivity contribution in [2.24, 2.45) is 0 Å². The second-order valence-corrected chi connectivity index (χ2v) is 8.83. The van der Waals surface area contributed by atoms with Gasteiger partial charge in [0.15, 0.2) is 9.79 Å². The molecular weight excluding hydrogens is 372 g/mol. The van der Waals surface area contributed by atoms with Gasteiger partial charge in [0.2, 0.25) is 0 Å². The van der Waals surface area contributed by atoms with Crippen LogP contribution in [0, 0.1) is 0 Å². The summed E-state index contributed by atoms with van der Waals surface area (Å²) >= 11 is 4.92. The maximum atomic E-state index is 12.7. The molecule has 2 aromatic rings. The summed E-state index contributed by atoms with van der Waals surface area (Å²) in [6.45, 7) is 0.109. The van der Waals surface area contributed by atoms with Crippen molar-refractivity contribution in [2.45, 2.75) is 22.6 Å². The third-order valence-corrected chi connectivity index (χ3v) is 6.35. The standard InChI is InChI=1S/C16H15ClO5S2/c17-13-10-16-12(8-11-4-1-2-5-15(11)23(16)18)9-14(13)22-6-3-7-24(19,20)21/h1-2,4-5,9-10H,3,6-8H2,(H,19,20,21). The van der Waals surface area contributed by atoms with Gasteiger partial charge in [-0.15, -0.1) is 0 Å². The van der Waals surface area contributed by atoms with E-state index < -0.39 is 21.3 Å². The van der Waals surface area contributed by atoms with Gasteiger partial charge in [-0.05, 0) is 18.6 Å². The maximum Gasteiger partial charge on any atom is 0.264 e. The smallest absolute Gasteiger partial charge is 0.264 e. The van der Waals surface area contributed by atoms with Gasteiger partial charge in [-0.25, -0.2) is 0 Å². The zero-order valence-corrected chi connectivity index (χ0v) is 15.0. The van der Waals surface area contributed by atoms with Crippen LogP contribution in [0.1, 0.15) is 17.5 Å². The summed E-state index contributed by atoms with van der Waals surface area (Å²) < 4.78 is 48.3. The normalized spacial score (nSPS) is 16.4. The Morgan fingerprint density at radius 2 is 1.96 bits per heavy atom.